The van der Waals surface area contributed by atoms with Crippen LogP contribution >= 0.6 is 0 Å². The Morgan fingerprint density at radius 3 is 1.62 bits per heavy atom. The van der Waals surface area contributed by atoms with Gasteiger partial charge in [-0.1, -0.05) is 18.2 Å². The molecule has 0 saturated carbocycles. The molecule has 0 heterocycles. The topological polar surface area (TPSA) is 130 Å². The van der Waals surface area contributed by atoms with E-state index in [1.165, 1.54) is 18.2 Å². The Morgan fingerprint density at radius 1 is 0.952 bits per heavy atom. The number of benzene rings is 1. The number of carboxylic acids is 2. The number of carbonyl (C=O) groups is 2. The van der Waals surface area contributed by atoms with Crippen LogP contribution in [0.25, 0.3) is 0 Å². The maximum Gasteiger partial charge on any atom is 1.00 e. The molecule has 1 aromatic carbocycles. The number of rotatable bonds is 6. The second-order valence-electron chi connectivity index (χ2n) is 3.22. The molecule has 2 N–H and O–H groups in total. The van der Waals surface area contributed by atoms with Crippen LogP contribution in [-0.2, 0) is 4.74 Å². The van der Waals surface area contributed by atoms with Crippen LogP contribution in [0.15, 0.2) is 24.3 Å². The monoisotopic (exact) mass is 348 g/mol. The molecule has 0 amide bonds. The van der Waals surface area contributed by atoms with E-state index in [9.17, 15) is 19.8 Å². The van der Waals surface area contributed by atoms with E-state index >= 15 is 0 Å². The van der Waals surface area contributed by atoms with Crippen molar-refractivity contribution < 1.29 is 138 Å². The first-order valence-electron chi connectivity index (χ1n) is 5.35. The molecule has 0 bridgehead atoms. The second kappa shape index (κ2) is 17.7. The number of hydrogen-bond donors (Lipinski definition) is 2. The van der Waals surface area contributed by atoms with Crippen molar-refractivity contribution in [1.82, 2.24) is 0 Å². The van der Waals surface area contributed by atoms with E-state index in [0.717, 1.165) is 6.07 Å². The van der Waals surface area contributed by atoms with Crippen LogP contribution in [0.3, 0.4) is 0 Å². The summed E-state index contributed by atoms with van der Waals surface area (Å²) in [6.45, 7) is 0.696. The molecule has 0 spiro atoms. The Balaban J connectivity index is -0.000000317. The average Bonchev–Trinajstić information content (AvgIpc) is 2.40. The van der Waals surface area contributed by atoms with Crippen LogP contribution in [0.2, 0.25) is 0 Å². The zero-order valence-electron chi connectivity index (χ0n) is 12.1. The summed E-state index contributed by atoms with van der Waals surface area (Å²) in [5.41, 5.74) is -0.339. The number of carbonyl (C=O) groups excluding carboxylic acids is 2. The summed E-state index contributed by atoms with van der Waals surface area (Å²) in [6.07, 6.45) is 0. The Morgan fingerprint density at radius 2 is 1.33 bits per heavy atom. The standard InChI is InChI=1S/C8H6O4.C4H10O3.2K/c9-7(10)5-2-1-3-6(4-5)8(11)12;5-1-3-7-4-2-6;;/h1-4H,(H,9,10)(H,11,12);5-6H,1-4H2;;/q;;2*+1/p-2. The quantitative estimate of drug-likeness (QED) is 0.386. The number of ether oxygens (including phenoxy) is 1. The van der Waals surface area contributed by atoms with Gasteiger partial charge in [0.25, 0.3) is 0 Å². The third-order valence-electron chi connectivity index (χ3n) is 1.81. The molecular formula is C12H14K2O7. The SMILES string of the molecule is O=C([O-])c1cccc(C(=O)[O-])c1.OCCOCCO.[K+].[K+]. The average molecular weight is 348 g/mol. The molecule has 0 radical (unpaired) electrons. The van der Waals surface area contributed by atoms with Crippen LogP contribution in [0.1, 0.15) is 20.7 Å². The molecule has 21 heavy (non-hydrogen) atoms. The molecule has 0 saturated heterocycles. The van der Waals surface area contributed by atoms with Crippen molar-refractivity contribution >= 4 is 11.9 Å². The first-order chi connectivity index (χ1) is 9.02. The van der Waals surface area contributed by atoms with E-state index < -0.39 is 11.9 Å². The van der Waals surface area contributed by atoms with Crippen LogP contribution in [0.5, 0.6) is 0 Å². The van der Waals surface area contributed by atoms with Gasteiger partial charge in [-0.3, -0.25) is 0 Å². The van der Waals surface area contributed by atoms with Gasteiger partial charge in [0, 0.05) is 0 Å². The van der Waals surface area contributed by atoms with Crippen molar-refractivity contribution in [3.8, 4) is 0 Å². The summed E-state index contributed by atoms with van der Waals surface area (Å²) in [5.74, 6) is -2.81. The van der Waals surface area contributed by atoms with E-state index in [4.69, 9.17) is 10.2 Å². The van der Waals surface area contributed by atoms with Crippen LogP contribution in [-0.4, -0.2) is 48.6 Å². The van der Waals surface area contributed by atoms with Crippen molar-refractivity contribution in [3.05, 3.63) is 35.4 Å². The van der Waals surface area contributed by atoms with Gasteiger partial charge in [0.15, 0.2) is 0 Å². The van der Waals surface area contributed by atoms with Crippen molar-refractivity contribution in [2.75, 3.05) is 26.4 Å². The number of aromatic carboxylic acids is 2. The third kappa shape index (κ3) is 14.6. The van der Waals surface area contributed by atoms with Crippen LogP contribution in [0.4, 0.5) is 0 Å². The van der Waals surface area contributed by atoms with Crippen LogP contribution < -0.4 is 113 Å². The molecule has 0 aliphatic heterocycles. The maximum absolute atomic E-state index is 10.3. The van der Waals surface area contributed by atoms with E-state index in [1.807, 2.05) is 0 Å². The molecule has 0 aromatic heterocycles. The normalized spacial score (nSPS) is 8.48. The number of aliphatic hydroxyl groups is 2. The molecule has 9 heteroatoms. The number of carboxylic acid groups (broad SMARTS) is 2. The molecule has 7 nitrogen and oxygen atoms in total. The van der Waals surface area contributed by atoms with Crippen molar-refractivity contribution in [2.45, 2.75) is 0 Å². The maximum atomic E-state index is 10.3. The molecule has 0 aliphatic carbocycles. The Labute approximate surface area is 207 Å². The van der Waals surface area contributed by atoms with Gasteiger partial charge in [-0.05, 0) is 17.2 Å². The van der Waals surface area contributed by atoms with E-state index in [0.29, 0.717) is 13.2 Å². The largest absolute Gasteiger partial charge is 1.00 e. The molecule has 1 aromatic rings. The van der Waals surface area contributed by atoms with Gasteiger partial charge in [-0.2, -0.15) is 0 Å². The third-order valence-corrected chi connectivity index (χ3v) is 1.81. The minimum atomic E-state index is -1.40. The smallest absolute Gasteiger partial charge is 0.545 e. The summed E-state index contributed by atoms with van der Waals surface area (Å²) >= 11 is 0. The van der Waals surface area contributed by atoms with Crippen molar-refractivity contribution in [1.29, 1.82) is 0 Å². The van der Waals surface area contributed by atoms with Gasteiger partial charge in [0.05, 0.1) is 38.4 Å². The van der Waals surface area contributed by atoms with Gasteiger partial charge in [0.1, 0.15) is 0 Å². The molecule has 0 atom stereocenters. The second-order valence-corrected chi connectivity index (χ2v) is 3.22. The predicted octanol–water partition coefficient (Wildman–Crippen LogP) is -8.59. The van der Waals surface area contributed by atoms with Crippen molar-refractivity contribution in [2.24, 2.45) is 0 Å². The Bertz CT molecular complexity index is 379. The zero-order chi connectivity index (χ0) is 14.7. The zero-order valence-corrected chi connectivity index (χ0v) is 18.3. The Hall–Kier alpha value is 1.31. The molecule has 0 aliphatic rings. The van der Waals surface area contributed by atoms with Gasteiger partial charge in [-0.15, -0.1) is 0 Å². The number of hydrogen-bond acceptors (Lipinski definition) is 7. The summed E-state index contributed by atoms with van der Waals surface area (Å²) in [5, 5.41) is 36.7. The summed E-state index contributed by atoms with van der Waals surface area (Å²) in [7, 11) is 0. The molecule has 0 unspecified atom stereocenters. The van der Waals surface area contributed by atoms with E-state index in [1.54, 1.807) is 0 Å². The number of aliphatic hydroxyl groups excluding tert-OH is 2. The molecular weight excluding hydrogens is 334 g/mol. The fraction of sp³-hybridized carbons (Fsp3) is 0.333. The molecule has 1 rings (SSSR count). The summed E-state index contributed by atoms with van der Waals surface area (Å²) < 4.78 is 4.63. The van der Waals surface area contributed by atoms with E-state index in [2.05, 4.69) is 4.74 Å². The first-order valence-corrected chi connectivity index (χ1v) is 5.35. The minimum Gasteiger partial charge on any atom is -0.545 e. The Kier molecular flexibility index (Phi) is 22.9. The molecule has 106 valence electrons. The minimum absolute atomic E-state index is 0. The van der Waals surface area contributed by atoms with Crippen LogP contribution in [0, 0.1) is 0 Å². The van der Waals surface area contributed by atoms with Gasteiger partial charge in [-0.25, -0.2) is 0 Å². The van der Waals surface area contributed by atoms with Crippen molar-refractivity contribution in [3.63, 3.8) is 0 Å². The van der Waals surface area contributed by atoms with Gasteiger partial charge < -0.3 is 34.8 Å². The van der Waals surface area contributed by atoms with E-state index in [-0.39, 0.29) is 127 Å². The fourth-order valence-electron chi connectivity index (χ4n) is 1.00. The summed E-state index contributed by atoms with van der Waals surface area (Å²) in [6, 6.07) is 4.81. The molecule has 0 fully saturated rings. The first kappa shape index (κ1) is 27.2. The van der Waals surface area contributed by atoms with Gasteiger partial charge in [0.2, 0.25) is 0 Å². The predicted molar refractivity (Wildman–Crippen MR) is 60.1 cm³/mol. The fourth-order valence-corrected chi connectivity index (χ4v) is 1.00. The summed E-state index contributed by atoms with van der Waals surface area (Å²) in [4.78, 5) is 20.5. The van der Waals surface area contributed by atoms with Gasteiger partial charge >= 0.3 is 103 Å².